The van der Waals surface area contributed by atoms with Crippen LogP contribution in [0.5, 0.6) is 0 Å². The molecule has 1 aliphatic heterocycles. The SMILES string of the molecule is CC1CCCC(C)N1n1c(=S)[nH]c2ccccc21. The van der Waals surface area contributed by atoms with Crippen molar-refractivity contribution in [1.29, 1.82) is 0 Å². The zero-order valence-corrected chi connectivity index (χ0v) is 11.7. The molecule has 1 N–H and O–H groups in total. The van der Waals surface area contributed by atoms with Crippen molar-refractivity contribution in [2.75, 3.05) is 5.01 Å². The van der Waals surface area contributed by atoms with Crippen molar-refractivity contribution in [3.63, 3.8) is 0 Å². The number of hydrogen-bond acceptors (Lipinski definition) is 2. The summed E-state index contributed by atoms with van der Waals surface area (Å²) in [4.78, 5) is 3.30. The van der Waals surface area contributed by atoms with Crippen LogP contribution < -0.4 is 5.01 Å². The fourth-order valence-corrected chi connectivity index (χ4v) is 3.38. The summed E-state index contributed by atoms with van der Waals surface area (Å²) in [6, 6.07) is 9.41. The molecule has 2 aromatic rings. The fourth-order valence-electron chi connectivity index (χ4n) is 3.07. The summed E-state index contributed by atoms with van der Waals surface area (Å²) in [5.41, 5.74) is 2.30. The van der Waals surface area contributed by atoms with Gasteiger partial charge in [0, 0.05) is 12.1 Å². The molecule has 0 bridgehead atoms. The van der Waals surface area contributed by atoms with Crippen molar-refractivity contribution in [3.05, 3.63) is 29.0 Å². The van der Waals surface area contributed by atoms with E-state index >= 15 is 0 Å². The number of H-pyrrole nitrogens is 1. The molecule has 2 atom stereocenters. The van der Waals surface area contributed by atoms with Gasteiger partial charge in [-0.25, -0.2) is 4.68 Å². The number of hydrogen-bond donors (Lipinski definition) is 1. The molecule has 1 aromatic carbocycles. The van der Waals surface area contributed by atoms with Crippen LogP contribution in [0.1, 0.15) is 33.1 Å². The van der Waals surface area contributed by atoms with Gasteiger partial charge in [0.15, 0.2) is 4.77 Å². The molecule has 4 heteroatoms. The van der Waals surface area contributed by atoms with Gasteiger partial charge in [-0.3, -0.25) is 0 Å². The van der Waals surface area contributed by atoms with E-state index < -0.39 is 0 Å². The van der Waals surface area contributed by atoms with Gasteiger partial charge in [-0.1, -0.05) is 12.1 Å². The van der Waals surface area contributed by atoms with Crippen LogP contribution in [-0.4, -0.2) is 21.7 Å². The summed E-state index contributed by atoms with van der Waals surface area (Å²) in [5, 5.41) is 2.44. The first-order valence-electron chi connectivity index (χ1n) is 6.67. The monoisotopic (exact) mass is 261 g/mol. The lowest BCUT2D eigenvalue weighted by atomic mass is 10.00. The zero-order chi connectivity index (χ0) is 12.7. The number of nitrogens with zero attached hydrogens (tertiary/aromatic N) is 2. The van der Waals surface area contributed by atoms with Crippen molar-refractivity contribution in [1.82, 2.24) is 9.66 Å². The number of aromatic nitrogens is 2. The Morgan fingerprint density at radius 3 is 2.56 bits per heavy atom. The standard InChI is InChI=1S/C14H19N3S/c1-10-6-5-7-11(2)16(10)17-13-9-4-3-8-12(13)15-14(17)18/h3-4,8-11H,5-7H2,1-2H3,(H,15,18). The van der Waals surface area contributed by atoms with Crippen LogP contribution in [0.2, 0.25) is 0 Å². The average Bonchev–Trinajstić information content (AvgIpc) is 2.66. The van der Waals surface area contributed by atoms with Gasteiger partial charge in [-0.05, 0) is 57.5 Å². The molecule has 1 saturated heterocycles. The Kier molecular flexibility index (Phi) is 2.90. The van der Waals surface area contributed by atoms with Gasteiger partial charge in [-0.15, -0.1) is 0 Å². The quantitative estimate of drug-likeness (QED) is 0.793. The van der Waals surface area contributed by atoms with Crippen molar-refractivity contribution in [2.24, 2.45) is 0 Å². The number of aromatic amines is 1. The van der Waals surface area contributed by atoms with E-state index in [9.17, 15) is 0 Å². The third-order valence-corrected chi connectivity index (χ3v) is 4.22. The summed E-state index contributed by atoms with van der Waals surface area (Å²) in [6.45, 7) is 4.58. The zero-order valence-electron chi connectivity index (χ0n) is 10.9. The van der Waals surface area contributed by atoms with Crippen molar-refractivity contribution < 1.29 is 0 Å². The largest absolute Gasteiger partial charge is 0.329 e. The van der Waals surface area contributed by atoms with Crippen LogP contribution in [0.25, 0.3) is 11.0 Å². The lowest BCUT2D eigenvalue weighted by Crippen LogP contribution is -2.50. The van der Waals surface area contributed by atoms with E-state index in [0.29, 0.717) is 12.1 Å². The number of rotatable bonds is 1. The molecule has 1 aromatic heterocycles. The Labute approximate surface area is 112 Å². The smallest absolute Gasteiger partial charge is 0.197 e. The number of para-hydroxylation sites is 2. The van der Waals surface area contributed by atoms with Crippen molar-refractivity contribution >= 4 is 23.3 Å². The van der Waals surface area contributed by atoms with E-state index in [1.807, 2.05) is 6.07 Å². The Bertz CT molecular complexity index is 603. The molecule has 18 heavy (non-hydrogen) atoms. The average molecular weight is 261 g/mol. The third kappa shape index (κ3) is 1.75. The van der Waals surface area contributed by atoms with Gasteiger partial charge in [0.25, 0.3) is 0 Å². The van der Waals surface area contributed by atoms with E-state index in [4.69, 9.17) is 12.2 Å². The molecule has 1 aliphatic rings. The topological polar surface area (TPSA) is 24.0 Å². The van der Waals surface area contributed by atoms with E-state index in [2.05, 4.69) is 46.7 Å². The van der Waals surface area contributed by atoms with Gasteiger partial charge in [0.05, 0.1) is 11.0 Å². The summed E-state index contributed by atoms with van der Waals surface area (Å²) in [6.07, 6.45) is 3.80. The second-order valence-corrected chi connectivity index (χ2v) is 5.65. The highest BCUT2D eigenvalue weighted by molar-refractivity contribution is 7.71. The Morgan fingerprint density at radius 1 is 1.17 bits per heavy atom. The van der Waals surface area contributed by atoms with Crippen LogP contribution in [0.4, 0.5) is 0 Å². The van der Waals surface area contributed by atoms with Crippen LogP contribution in [0, 0.1) is 4.77 Å². The maximum Gasteiger partial charge on any atom is 0.197 e. The number of fused-ring (bicyclic) bond motifs is 1. The lowest BCUT2D eigenvalue weighted by Gasteiger charge is -2.41. The molecule has 0 amide bonds. The number of benzene rings is 1. The van der Waals surface area contributed by atoms with Gasteiger partial charge in [0.2, 0.25) is 0 Å². The molecule has 96 valence electrons. The first-order chi connectivity index (χ1) is 8.68. The van der Waals surface area contributed by atoms with Crippen LogP contribution in [-0.2, 0) is 0 Å². The molecule has 2 unspecified atom stereocenters. The Balaban J connectivity index is 2.18. The molecule has 0 radical (unpaired) electrons. The van der Waals surface area contributed by atoms with Gasteiger partial charge in [-0.2, -0.15) is 0 Å². The number of nitrogens with one attached hydrogen (secondary N) is 1. The molecule has 0 spiro atoms. The first-order valence-corrected chi connectivity index (χ1v) is 7.07. The molecule has 0 saturated carbocycles. The van der Waals surface area contributed by atoms with Gasteiger partial charge in [0.1, 0.15) is 0 Å². The number of imidazole rings is 1. The second-order valence-electron chi connectivity index (χ2n) is 5.27. The van der Waals surface area contributed by atoms with Crippen molar-refractivity contribution in [2.45, 2.75) is 45.2 Å². The van der Waals surface area contributed by atoms with Crippen LogP contribution in [0.15, 0.2) is 24.3 Å². The molecule has 2 heterocycles. The van der Waals surface area contributed by atoms with E-state index in [1.54, 1.807) is 0 Å². The normalized spacial score (nSPS) is 24.7. The van der Waals surface area contributed by atoms with Crippen LogP contribution >= 0.6 is 12.2 Å². The first kappa shape index (κ1) is 11.8. The highest BCUT2D eigenvalue weighted by Crippen LogP contribution is 2.24. The molecular weight excluding hydrogens is 242 g/mol. The molecule has 3 nitrogen and oxygen atoms in total. The molecule has 3 rings (SSSR count). The summed E-state index contributed by atoms with van der Waals surface area (Å²) < 4.78 is 3.00. The minimum absolute atomic E-state index is 0.541. The predicted molar refractivity (Wildman–Crippen MR) is 78.1 cm³/mol. The highest BCUT2D eigenvalue weighted by Gasteiger charge is 2.26. The second kappa shape index (κ2) is 4.43. The van der Waals surface area contributed by atoms with E-state index in [-0.39, 0.29) is 0 Å². The number of piperidine rings is 1. The molecule has 0 aliphatic carbocycles. The van der Waals surface area contributed by atoms with Crippen molar-refractivity contribution in [3.8, 4) is 0 Å². The summed E-state index contributed by atoms with van der Waals surface area (Å²) in [7, 11) is 0. The van der Waals surface area contributed by atoms with E-state index in [0.717, 1.165) is 10.3 Å². The maximum absolute atomic E-state index is 5.51. The highest BCUT2D eigenvalue weighted by atomic mass is 32.1. The predicted octanol–water partition coefficient (Wildman–Crippen LogP) is 3.60. The van der Waals surface area contributed by atoms with Crippen LogP contribution in [0.3, 0.4) is 0 Å². The molecule has 1 fully saturated rings. The molecular formula is C14H19N3S. The minimum atomic E-state index is 0.541. The summed E-state index contributed by atoms with van der Waals surface area (Å²) >= 11 is 5.51. The maximum atomic E-state index is 5.51. The minimum Gasteiger partial charge on any atom is -0.329 e. The lowest BCUT2D eigenvalue weighted by molar-refractivity contribution is 0.339. The Hall–Kier alpha value is -1.29. The third-order valence-electron chi connectivity index (χ3n) is 3.94. The fraction of sp³-hybridized carbons (Fsp3) is 0.500. The van der Waals surface area contributed by atoms with Gasteiger partial charge >= 0.3 is 0 Å². The van der Waals surface area contributed by atoms with E-state index in [1.165, 1.54) is 24.8 Å². The van der Waals surface area contributed by atoms with Gasteiger partial charge < -0.3 is 9.99 Å². The Morgan fingerprint density at radius 2 is 1.83 bits per heavy atom. The summed E-state index contributed by atoms with van der Waals surface area (Å²) in [5.74, 6) is 0.